The van der Waals surface area contributed by atoms with Crippen molar-refractivity contribution in [2.24, 2.45) is 0 Å². The summed E-state index contributed by atoms with van der Waals surface area (Å²) in [6.07, 6.45) is 1.59. The van der Waals surface area contributed by atoms with Crippen LogP contribution in [0.5, 0.6) is 0 Å². The monoisotopic (exact) mass is 500 g/mol. The van der Waals surface area contributed by atoms with Crippen molar-refractivity contribution in [3.05, 3.63) is 77.2 Å². The molecule has 1 fully saturated rings. The number of rotatable bonds is 4. The van der Waals surface area contributed by atoms with Crippen LogP contribution in [-0.4, -0.2) is 46.8 Å². The number of benzene rings is 2. The minimum Gasteiger partial charge on any atom is -0.345 e. The summed E-state index contributed by atoms with van der Waals surface area (Å²) in [6, 6.07) is 15.3. The second-order valence-corrected chi connectivity index (χ2v) is 11.4. The van der Waals surface area contributed by atoms with Crippen molar-refractivity contribution < 1.29 is 18.3 Å². The van der Waals surface area contributed by atoms with Gasteiger partial charge >= 0.3 is 0 Å². The van der Waals surface area contributed by atoms with Crippen LogP contribution >= 0.6 is 22.2 Å². The van der Waals surface area contributed by atoms with Crippen LogP contribution < -0.4 is 5.32 Å². The predicted molar refractivity (Wildman–Crippen MR) is 132 cm³/mol. The third kappa shape index (κ3) is 4.27. The summed E-state index contributed by atoms with van der Waals surface area (Å²) in [4.78, 5) is 17.3. The first-order chi connectivity index (χ1) is 16.1. The largest absolute Gasteiger partial charge is 0.345 e. The number of amides is 1. The standard InChI is InChI=1S/C24H22ClFN4O3S/c1-24(10-11-34(32,33)14-24)28-23(31)15-6-8-18-20(12-15)30(21-9-7-16(26)13-27-21)29-22(18)17-4-2-3-5-19(17)25/h2-9,12-13,32-33H,10-11,14H2,1H3,(H,28,31). The lowest BCUT2D eigenvalue weighted by Crippen LogP contribution is -2.46. The van der Waals surface area contributed by atoms with Crippen molar-refractivity contribution in [1.82, 2.24) is 20.1 Å². The zero-order chi connectivity index (χ0) is 24.1. The van der Waals surface area contributed by atoms with Gasteiger partial charge in [-0.05, 0) is 49.7 Å². The number of carbonyl (C=O) groups excluding carboxylic acids is 1. The zero-order valence-electron chi connectivity index (χ0n) is 18.2. The molecule has 1 aliphatic rings. The molecule has 34 heavy (non-hydrogen) atoms. The molecule has 1 atom stereocenters. The number of carbonyl (C=O) groups is 1. The number of pyridine rings is 1. The van der Waals surface area contributed by atoms with Crippen molar-refractivity contribution in [2.75, 3.05) is 11.5 Å². The summed E-state index contributed by atoms with van der Waals surface area (Å²) in [5, 5.41) is 8.93. The fourth-order valence-corrected chi connectivity index (χ4v) is 6.65. The summed E-state index contributed by atoms with van der Waals surface area (Å²) in [5.41, 5.74) is 1.60. The Hall–Kier alpha value is -2.98. The molecule has 0 radical (unpaired) electrons. The molecule has 3 N–H and O–H groups in total. The van der Waals surface area contributed by atoms with Gasteiger partial charge in [0.25, 0.3) is 5.91 Å². The summed E-state index contributed by atoms with van der Waals surface area (Å²) in [7, 11) is -2.67. The molecule has 4 aromatic rings. The fourth-order valence-electron chi connectivity index (χ4n) is 4.26. The van der Waals surface area contributed by atoms with Crippen LogP contribution in [0.4, 0.5) is 4.39 Å². The molecular weight excluding hydrogens is 479 g/mol. The Labute approximate surface area is 201 Å². The summed E-state index contributed by atoms with van der Waals surface area (Å²) in [5.74, 6) is -0.0170. The van der Waals surface area contributed by atoms with E-state index in [0.717, 1.165) is 17.1 Å². The highest BCUT2D eigenvalue weighted by Gasteiger charge is 2.39. The highest BCUT2D eigenvalue weighted by molar-refractivity contribution is 8.24. The Morgan fingerprint density at radius 3 is 2.68 bits per heavy atom. The Kier molecular flexibility index (Phi) is 5.60. The molecule has 1 amide bonds. The number of halogens is 2. The topological polar surface area (TPSA) is 100 Å². The van der Waals surface area contributed by atoms with Crippen molar-refractivity contribution >= 4 is 39.0 Å². The van der Waals surface area contributed by atoms with E-state index in [9.17, 15) is 18.3 Å². The zero-order valence-corrected chi connectivity index (χ0v) is 19.8. The lowest BCUT2D eigenvalue weighted by Gasteiger charge is -2.30. The van der Waals surface area contributed by atoms with E-state index in [4.69, 9.17) is 16.7 Å². The van der Waals surface area contributed by atoms with Crippen LogP contribution in [-0.2, 0) is 0 Å². The van der Waals surface area contributed by atoms with Crippen LogP contribution in [0.3, 0.4) is 0 Å². The smallest absolute Gasteiger partial charge is 0.251 e. The van der Waals surface area contributed by atoms with Gasteiger partial charge < -0.3 is 5.32 Å². The van der Waals surface area contributed by atoms with E-state index >= 15 is 0 Å². The molecule has 7 nitrogen and oxygen atoms in total. The highest BCUT2D eigenvalue weighted by Crippen LogP contribution is 2.50. The van der Waals surface area contributed by atoms with Gasteiger partial charge in [-0.1, -0.05) is 29.8 Å². The average molecular weight is 501 g/mol. The Morgan fingerprint density at radius 1 is 1.21 bits per heavy atom. The molecular formula is C24H22ClFN4O3S. The average Bonchev–Trinajstić information content (AvgIpc) is 3.30. The van der Waals surface area contributed by atoms with Gasteiger partial charge in [0, 0.05) is 22.3 Å². The van der Waals surface area contributed by atoms with E-state index in [0.29, 0.717) is 34.0 Å². The molecule has 3 heterocycles. The number of nitrogens with zero attached hydrogens (tertiary/aromatic N) is 3. The van der Waals surface area contributed by atoms with Crippen LogP contribution in [0, 0.1) is 5.82 Å². The first-order valence-electron chi connectivity index (χ1n) is 10.6. The normalized spacial score (nSPS) is 20.4. The number of nitrogens with one attached hydrogen (secondary N) is 1. The van der Waals surface area contributed by atoms with Gasteiger partial charge in [-0.15, -0.1) is 0 Å². The summed E-state index contributed by atoms with van der Waals surface area (Å²) in [6.45, 7) is 1.81. The van der Waals surface area contributed by atoms with Gasteiger partial charge in [0.2, 0.25) is 0 Å². The predicted octanol–water partition coefficient (Wildman–Crippen LogP) is 5.52. The van der Waals surface area contributed by atoms with E-state index in [1.165, 1.54) is 12.1 Å². The molecule has 0 saturated carbocycles. The molecule has 1 saturated heterocycles. The molecule has 0 spiro atoms. The fraction of sp³-hybridized carbons (Fsp3) is 0.208. The van der Waals surface area contributed by atoms with Gasteiger partial charge in [-0.25, -0.2) is 14.1 Å². The minimum atomic E-state index is -2.67. The molecule has 10 heteroatoms. The SMILES string of the molecule is CC1(NC(=O)c2ccc3c(-c4ccccc4Cl)nn(-c4ccc(F)cn4)c3c2)CCS(O)(O)C1. The van der Waals surface area contributed by atoms with Crippen molar-refractivity contribution in [3.63, 3.8) is 0 Å². The van der Waals surface area contributed by atoms with Crippen molar-refractivity contribution in [1.29, 1.82) is 0 Å². The quantitative estimate of drug-likeness (QED) is 0.342. The van der Waals surface area contributed by atoms with Crippen LogP contribution in [0.25, 0.3) is 28.0 Å². The molecule has 0 aliphatic carbocycles. The van der Waals surface area contributed by atoms with E-state index in [2.05, 4.69) is 10.3 Å². The van der Waals surface area contributed by atoms with Gasteiger partial charge in [-0.3, -0.25) is 13.9 Å². The van der Waals surface area contributed by atoms with Crippen molar-refractivity contribution in [3.8, 4) is 17.1 Å². The van der Waals surface area contributed by atoms with E-state index in [1.54, 1.807) is 28.9 Å². The van der Waals surface area contributed by atoms with Gasteiger partial charge in [0.05, 0.1) is 28.0 Å². The van der Waals surface area contributed by atoms with E-state index < -0.39 is 21.9 Å². The van der Waals surface area contributed by atoms with Crippen LogP contribution in [0.1, 0.15) is 23.7 Å². The summed E-state index contributed by atoms with van der Waals surface area (Å²) < 4.78 is 35.1. The molecule has 2 aromatic heterocycles. The lowest BCUT2D eigenvalue weighted by atomic mass is 10.0. The number of aromatic nitrogens is 3. The van der Waals surface area contributed by atoms with Gasteiger partial charge in [-0.2, -0.15) is 15.7 Å². The highest BCUT2D eigenvalue weighted by atomic mass is 35.5. The second kappa shape index (κ2) is 8.35. The first-order valence-corrected chi connectivity index (χ1v) is 12.9. The second-order valence-electron chi connectivity index (χ2n) is 8.72. The Morgan fingerprint density at radius 2 is 2.00 bits per heavy atom. The molecule has 1 unspecified atom stereocenters. The van der Waals surface area contributed by atoms with E-state index in [-0.39, 0.29) is 17.4 Å². The Balaban J connectivity index is 1.60. The van der Waals surface area contributed by atoms with E-state index in [1.807, 2.05) is 25.1 Å². The third-order valence-electron chi connectivity index (χ3n) is 5.95. The van der Waals surface area contributed by atoms with Gasteiger partial charge in [0.1, 0.15) is 11.5 Å². The maximum absolute atomic E-state index is 13.5. The van der Waals surface area contributed by atoms with Gasteiger partial charge in [0.15, 0.2) is 5.82 Å². The number of hydrogen-bond donors (Lipinski definition) is 3. The first kappa shape index (κ1) is 22.8. The minimum absolute atomic E-state index is 0.127. The molecule has 1 aliphatic heterocycles. The summed E-state index contributed by atoms with van der Waals surface area (Å²) >= 11 is 6.43. The number of fused-ring (bicyclic) bond motifs is 1. The molecule has 0 bridgehead atoms. The maximum atomic E-state index is 13.5. The van der Waals surface area contributed by atoms with Crippen LogP contribution in [0.15, 0.2) is 60.8 Å². The molecule has 176 valence electrons. The van der Waals surface area contributed by atoms with Crippen molar-refractivity contribution in [2.45, 2.75) is 18.9 Å². The third-order valence-corrected chi connectivity index (χ3v) is 8.23. The maximum Gasteiger partial charge on any atom is 0.251 e. The Bertz CT molecular complexity index is 1410. The number of hydrogen-bond acceptors (Lipinski definition) is 5. The molecule has 5 rings (SSSR count). The van der Waals surface area contributed by atoms with Crippen LogP contribution in [0.2, 0.25) is 5.02 Å². The lowest BCUT2D eigenvalue weighted by molar-refractivity contribution is 0.0915. The molecule has 2 aromatic carbocycles.